The van der Waals surface area contributed by atoms with Gasteiger partial charge in [0.25, 0.3) is 0 Å². The summed E-state index contributed by atoms with van der Waals surface area (Å²) >= 11 is 0. The van der Waals surface area contributed by atoms with Crippen LogP contribution < -0.4 is 32.7 Å². The van der Waals surface area contributed by atoms with Crippen LogP contribution >= 0.6 is 0 Å². The Bertz CT molecular complexity index is 2290. The third-order valence-corrected chi connectivity index (χ3v) is 10.1. The maximum absolute atomic E-state index is 12.7. The number of benzene rings is 7. The fraction of sp³-hybridized carbons (Fsp3) is 0.250. The van der Waals surface area contributed by atoms with Gasteiger partial charge in [0.2, 0.25) is 0 Å². The summed E-state index contributed by atoms with van der Waals surface area (Å²) in [5.74, 6) is 0.979. The molecule has 10 nitrogen and oxygen atoms in total. The molecule has 0 saturated heterocycles. The topological polar surface area (TPSA) is 168 Å². The fourth-order valence-corrected chi connectivity index (χ4v) is 7.48. The molecule has 0 aliphatic carbocycles. The molecule has 10 heteroatoms. The monoisotopic (exact) mass is 778 g/mol. The van der Waals surface area contributed by atoms with E-state index in [-0.39, 0.29) is 23.7 Å². The van der Waals surface area contributed by atoms with Gasteiger partial charge in [-0.2, -0.15) is 0 Å². The lowest BCUT2D eigenvalue weighted by Crippen LogP contribution is -2.38. The highest BCUT2D eigenvalue weighted by Crippen LogP contribution is 2.40. The summed E-state index contributed by atoms with van der Waals surface area (Å²) in [4.78, 5) is 44.7. The number of carbonyl (C=O) groups is 4. The van der Waals surface area contributed by atoms with Gasteiger partial charge in [-0.15, -0.1) is 0 Å². The van der Waals surface area contributed by atoms with Crippen molar-refractivity contribution in [2.75, 3.05) is 10.6 Å². The lowest BCUT2D eigenvalue weighted by Gasteiger charge is -2.21. The molecule has 7 aromatic carbocycles. The third-order valence-electron chi connectivity index (χ3n) is 10.1. The van der Waals surface area contributed by atoms with Crippen molar-refractivity contribution in [1.29, 1.82) is 0 Å². The minimum atomic E-state index is -0.938. The molecule has 7 rings (SSSR count). The molecular formula is C48H54N6O4. The number of para-hydroxylation sites is 2. The average Bonchev–Trinajstić information content (AvgIpc) is 3.16. The van der Waals surface area contributed by atoms with Crippen LogP contribution in [0.4, 0.5) is 30.6 Å². The molecule has 0 unspecified atom stereocenters. The first-order valence-electron chi connectivity index (χ1n) is 19.6. The molecule has 0 radical (unpaired) electrons. The number of nitrogens with one attached hydrogen (secondary N) is 4. The number of rotatable bonds is 6. The molecule has 0 heterocycles. The Morgan fingerprint density at radius 2 is 0.655 bits per heavy atom. The molecule has 0 saturated carbocycles. The van der Waals surface area contributed by atoms with E-state index in [0.29, 0.717) is 0 Å². The molecule has 0 aromatic heterocycles. The first-order chi connectivity index (χ1) is 27.6. The molecule has 58 heavy (non-hydrogen) atoms. The second kappa shape index (κ2) is 18.5. The van der Waals surface area contributed by atoms with E-state index >= 15 is 0 Å². The van der Waals surface area contributed by atoms with Gasteiger partial charge >= 0.3 is 24.1 Å². The van der Waals surface area contributed by atoms with E-state index < -0.39 is 24.1 Å². The van der Waals surface area contributed by atoms with Crippen molar-refractivity contribution >= 4 is 78.6 Å². The lowest BCUT2D eigenvalue weighted by atomic mass is 9.90. The zero-order chi connectivity index (χ0) is 42.3. The quantitative estimate of drug-likeness (QED) is 0.0730. The predicted molar refractivity (Wildman–Crippen MR) is 240 cm³/mol. The van der Waals surface area contributed by atoms with Gasteiger partial charge in [-0.1, -0.05) is 165 Å². The number of hydrogen-bond donors (Lipinski definition) is 6. The van der Waals surface area contributed by atoms with Crippen molar-refractivity contribution in [2.45, 2.75) is 79.1 Å². The summed E-state index contributed by atoms with van der Waals surface area (Å²) in [6, 6.07) is 35.6. The van der Waals surface area contributed by atoms with E-state index in [1.165, 1.54) is 43.1 Å². The molecule has 0 bridgehead atoms. The first-order valence-corrected chi connectivity index (χ1v) is 19.6. The van der Waals surface area contributed by atoms with Crippen LogP contribution in [0, 0.1) is 0 Å². The largest absolute Gasteiger partial charge is 0.351 e. The Labute approximate surface area is 340 Å². The zero-order valence-electron chi connectivity index (χ0n) is 34.5. The SMILES string of the molecule is CC(C)c1cccc(C(C)C)c1NC(=O)NC(=O)Nc1c(C(C)C)cccc1C(C)C.NC(=O)NC(N)=O.c1cc2cccc3c4cccc5cccc(c(c1)c23)c54. The molecule has 0 atom stereocenters. The number of nitrogens with two attached hydrogens (primary N) is 2. The van der Waals surface area contributed by atoms with Gasteiger partial charge in [0.1, 0.15) is 0 Å². The van der Waals surface area contributed by atoms with Gasteiger partial charge in [-0.25, -0.2) is 19.2 Å². The van der Waals surface area contributed by atoms with E-state index in [4.69, 9.17) is 0 Å². The number of urea groups is 4. The maximum atomic E-state index is 12.7. The summed E-state index contributed by atoms with van der Waals surface area (Å²) in [5, 5.41) is 20.8. The molecule has 0 spiro atoms. The summed E-state index contributed by atoms with van der Waals surface area (Å²) in [6.07, 6.45) is 0. The van der Waals surface area contributed by atoms with Gasteiger partial charge in [-0.05, 0) is 89.0 Å². The molecule has 0 aliphatic rings. The van der Waals surface area contributed by atoms with Gasteiger partial charge in [-0.3, -0.25) is 10.6 Å². The third kappa shape index (κ3) is 9.64. The van der Waals surface area contributed by atoms with Crippen molar-refractivity contribution in [3.8, 4) is 0 Å². The molecule has 0 fully saturated rings. The minimum absolute atomic E-state index is 0.245. The second-order valence-electron chi connectivity index (χ2n) is 15.5. The minimum Gasteiger partial charge on any atom is -0.351 e. The smallest absolute Gasteiger partial charge is 0.327 e. The Hall–Kier alpha value is -6.68. The van der Waals surface area contributed by atoms with Gasteiger partial charge in [0.15, 0.2) is 0 Å². The van der Waals surface area contributed by atoms with Crippen LogP contribution in [0.25, 0.3) is 43.1 Å². The molecule has 8 N–H and O–H groups in total. The summed E-state index contributed by atoms with van der Waals surface area (Å²) in [7, 11) is 0. The Balaban J connectivity index is 0.000000200. The normalized spacial score (nSPS) is 11.1. The number of anilines is 2. The van der Waals surface area contributed by atoms with Crippen molar-refractivity contribution in [3.05, 3.63) is 131 Å². The van der Waals surface area contributed by atoms with Crippen molar-refractivity contribution in [1.82, 2.24) is 10.6 Å². The predicted octanol–water partition coefficient (Wildman–Crippen LogP) is 12.0. The van der Waals surface area contributed by atoms with E-state index in [1.807, 2.05) is 36.4 Å². The first kappa shape index (κ1) is 42.5. The number of imide groups is 2. The van der Waals surface area contributed by atoms with Crippen LogP contribution in [-0.2, 0) is 0 Å². The molecule has 8 amide bonds. The highest BCUT2D eigenvalue weighted by molar-refractivity contribution is 6.32. The van der Waals surface area contributed by atoms with E-state index in [0.717, 1.165) is 33.6 Å². The Morgan fingerprint density at radius 1 is 0.397 bits per heavy atom. The Kier molecular flexibility index (Phi) is 13.6. The van der Waals surface area contributed by atoms with Crippen LogP contribution in [-0.4, -0.2) is 24.1 Å². The van der Waals surface area contributed by atoms with Gasteiger partial charge in [0.05, 0.1) is 0 Å². The van der Waals surface area contributed by atoms with Gasteiger partial charge in [0, 0.05) is 11.4 Å². The van der Waals surface area contributed by atoms with Crippen LogP contribution in [0.2, 0.25) is 0 Å². The standard InChI is InChI=1S/C26H37N3O2.C20H12.C2H5N3O2/c1-15(2)19-11-9-12-20(16(3)4)23(19)27-25(30)29-26(31)28-24-21(17(5)6)13-10-14-22(24)18(7)8;1-5-13-6-2-11-17-18-12-4-8-14-7-3-10-16(20(14)18)15(9-1)19(13)17;3-1(6)5-2(4)7/h9-18H,1-8H3,(H3,27,28,29,30,31);1-12H;(H5,3,4,5,6,7). The highest BCUT2D eigenvalue weighted by atomic mass is 16.2. The van der Waals surface area contributed by atoms with Crippen LogP contribution in [0.1, 0.15) is 101 Å². The molecule has 300 valence electrons. The maximum Gasteiger partial charge on any atom is 0.327 e. The summed E-state index contributed by atoms with van der Waals surface area (Å²) in [5.41, 5.74) is 14.6. The highest BCUT2D eigenvalue weighted by Gasteiger charge is 2.20. The van der Waals surface area contributed by atoms with Crippen molar-refractivity contribution in [2.24, 2.45) is 11.5 Å². The zero-order valence-corrected chi connectivity index (χ0v) is 34.5. The number of amides is 8. The number of hydrogen-bond acceptors (Lipinski definition) is 4. The lowest BCUT2D eigenvalue weighted by molar-refractivity contribution is 0.236. The summed E-state index contributed by atoms with van der Waals surface area (Å²) in [6.45, 7) is 16.7. The van der Waals surface area contributed by atoms with Crippen LogP contribution in [0.3, 0.4) is 0 Å². The number of carbonyl (C=O) groups excluding carboxylic acids is 4. The second-order valence-corrected chi connectivity index (χ2v) is 15.5. The summed E-state index contributed by atoms with van der Waals surface area (Å²) < 4.78 is 0. The van der Waals surface area contributed by atoms with Crippen LogP contribution in [0.15, 0.2) is 109 Å². The van der Waals surface area contributed by atoms with E-state index in [9.17, 15) is 19.2 Å². The number of fused-ring (bicyclic) bond motifs is 2. The van der Waals surface area contributed by atoms with E-state index in [2.05, 4.69) is 156 Å². The number of primary amides is 2. The van der Waals surface area contributed by atoms with Gasteiger partial charge < -0.3 is 22.1 Å². The fourth-order valence-electron chi connectivity index (χ4n) is 7.48. The van der Waals surface area contributed by atoms with Crippen molar-refractivity contribution < 1.29 is 19.2 Å². The van der Waals surface area contributed by atoms with Crippen molar-refractivity contribution in [3.63, 3.8) is 0 Å². The average molecular weight is 779 g/mol. The molecule has 0 aliphatic heterocycles. The molecular weight excluding hydrogens is 725 g/mol. The Morgan fingerprint density at radius 3 is 0.879 bits per heavy atom. The van der Waals surface area contributed by atoms with E-state index in [1.54, 1.807) is 5.32 Å². The molecule has 7 aromatic rings. The van der Waals surface area contributed by atoms with Crippen LogP contribution in [0.5, 0.6) is 0 Å².